The highest BCUT2D eigenvalue weighted by atomic mass is 32.2. The van der Waals surface area contributed by atoms with Crippen molar-refractivity contribution in [3.8, 4) is 0 Å². The van der Waals surface area contributed by atoms with E-state index in [1.807, 2.05) is 13.8 Å². The highest BCUT2D eigenvalue weighted by Crippen LogP contribution is 2.26. The van der Waals surface area contributed by atoms with Gasteiger partial charge in [0.1, 0.15) is 0 Å². The zero-order valence-corrected chi connectivity index (χ0v) is 12.2. The van der Waals surface area contributed by atoms with Gasteiger partial charge < -0.3 is 10.6 Å². The van der Waals surface area contributed by atoms with Crippen LogP contribution in [0.4, 0.5) is 11.4 Å². The number of nitrogens with two attached hydrogens (primary N) is 1. The molecule has 0 heterocycles. The van der Waals surface area contributed by atoms with Crippen molar-refractivity contribution in [2.24, 2.45) is 0 Å². The van der Waals surface area contributed by atoms with Crippen LogP contribution in [-0.2, 0) is 10.0 Å². The Morgan fingerprint density at radius 1 is 1.17 bits per heavy atom. The van der Waals surface area contributed by atoms with E-state index in [4.69, 9.17) is 5.73 Å². The summed E-state index contributed by atoms with van der Waals surface area (Å²) in [4.78, 5) is 2.31. The molecule has 0 spiro atoms. The molecule has 0 aliphatic carbocycles. The van der Waals surface area contributed by atoms with Crippen molar-refractivity contribution in [3.05, 3.63) is 18.2 Å². The van der Waals surface area contributed by atoms with Gasteiger partial charge in [-0.05, 0) is 32.0 Å². The molecule has 0 aromatic heterocycles. The van der Waals surface area contributed by atoms with Gasteiger partial charge in [-0.15, -0.1) is 0 Å². The molecule has 1 aromatic rings. The Kier molecular flexibility index (Phi) is 4.59. The largest absolute Gasteiger partial charge is 0.397 e. The third-order valence-electron chi connectivity index (χ3n) is 2.88. The molecule has 1 aromatic carbocycles. The van der Waals surface area contributed by atoms with Crippen molar-refractivity contribution >= 4 is 21.4 Å². The summed E-state index contributed by atoms with van der Waals surface area (Å²) >= 11 is 0. The normalized spacial score (nSPS) is 11.8. The first-order valence-corrected chi connectivity index (χ1v) is 7.35. The van der Waals surface area contributed by atoms with Crippen molar-refractivity contribution in [2.45, 2.75) is 18.7 Å². The predicted molar refractivity (Wildman–Crippen MR) is 75.3 cm³/mol. The Morgan fingerprint density at radius 3 is 2.11 bits per heavy atom. The van der Waals surface area contributed by atoms with Gasteiger partial charge in [-0.3, -0.25) is 0 Å². The quantitative estimate of drug-likeness (QED) is 0.821. The van der Waals surface area contributed by atoms with E-state index in [1.165, 1.54) is 24.5 Å². The molecule has 5 nitrogen and oxygen atoms in total. The van der Waals surface area contributed by atoms with Crippen LogP contribution in [0.15, 0.2) is 23.1 Å². The second-order valence-electron chi connectivity index (χ2n) is 4.18. The molecular formula is C12H21N3O2S. The number of hydrogen-bond donors (Lipinski definition) is 1. The van der Waals surface area contributed by atoms with Crippen LogP contribution >= 0.6 is 0 Å². The van der Waals surface area contributed by atoms with Crippen LogP contribution in [-0.4, -0.2) is 39.9 Å². The van der Waals surface area contributed by atoms with Crippen molar-refractivity contribution in [3.63, 3.8) is 0 Å². The van der Waals surface area contributed by atoms with Gasteiger partial charge in [0.2, 0.25) is 10.0 Å². The summed E-state index contributed by atoms with van der Waals surface area (Å²) < 4.78 is 25.1. The first kappa shape index (κ1) is 14.8. The molecule has 0 unspecified atom stereocenters. The molecule has 0 aliphatic heterocycles. The van der Waals surface area contributed by atoms with E-state index in [-0.39, 0.29) is 4.90 Å². The van der Waals surface area contributed by atoms with Gasteiger partial charge in [-0.1, -0.05) is 0 Å². The third-order valence-corrected chi connectivity index (χ3v) is 4.69. The van der Waals surface area contributed by atoms with Gasteiger partial charge in [0.05, 0.1) is 16.3 Å². The molecule has 0 amide bonds. The van der Waals surface area contributed by atoms with E-state index < -0.39 is 10.0 Å². The second-order valence-corrected chi connectivity index (χ2v) is 6.33. The Bertz CT molecular complexity index is 508. The molecule has 102 valence electrons. The van der Waals surface area contributed by atoms with Crippen LogP contribution < -0.4 is 10.6 Å². The predicted octanol–water partition coefficient (Wildman–Crippen LogP) is 1.37. The van der Waals surface area contributed by atoms with E-state index in [0.717, 1.165) is 18.8 Å². The number of rotatable bonds is 5. The number of hydrogen-bond acceptors (Lipinski definition) is 4. The fourth-order valence-electron chi connectivity index (χ4n) is 1.76. The van der Waals surface area contributed by atoms with E-state index in [0.29, 0.717) is 5.69 Å². The van der Waals surface area contributed by atoms with E-state index >= 15 is 0 Å². The Morgan fingerprint density at radius 2 is 1.72 bits per heavy atom. The zero-order chi connectivity index (χ0) is 13.9. The molecule has 0 aliphatic rings. The Labute approximate surface area is 109 Å². The SMILES string of the molecule is CCN(CC)c1ccc(S(=O)(=O)N(C)C)cc1N. The third kappa shape index (κ3) is 2.76. The number of nitrogens with zero attached hydrogens (tertiary/aromatic N) is 2. The lowest BCUT2D eigenvalue weighted by Gasteiger charge is -2.23. The van der Waals surface area contributed by atoms with Gasteiger partial charge in [-0.25, -0.2) is 12.7 Å². The minimum atomic E-state index is -3.42. The highest BCUT2D eigenvalue weighted by molar-refractivity contribution is 7.89. The van der Waals surface area contributed by atoms with E-state index in [9.17, 15) is 8.42 Å². The minimum Gasteiger partial charge on any atom is -0.397 e. The van der Waals surface area contributed by atoms with Crippen molar-refractivity contribution in [1.29, 1.82) is 0 Å². The number of nitrogen functional groups attached to an aromatic ring is 1. The zero-order valence-electron chi connectivity index (χ0n) is 11.3. The molecule has 0 radical (unpaired) electrons. The van der Waals surface area contributed by atoms with Crippen LogP contribution in [0.25, 0.3) is 0 Å². The number of sulfonamides is 1. The molecule has 6 heteroatoms. The lowest BCUT2D eigenvalue weighted by Crippen LogP contribution is -2.24. The summed E-state index contributed by atoms with van der Waals surface area (Å²) in [5.74, 6) is 0. The first-order valence-electron chi connectivity index (χ1n) is 5.91. The van der Waals surface area contributed by atoms with Crippen molar-refractivity contribution in [2.75, 3.05) is 37.8 Å². The summed E-state index contributed by atoms with van der Waals surface area (Å²) in [6.45, 7) is 5.74. The summed E-state index contributed by atoms with van der Waals surface area (Å²) in [5.41, 5.74) is 7.31. The monoisotopic (exact) mass is 271 g/mol. The molecule has 0 saturated heterocycles. The molecule has 0 fully saturated rings. The standard InChI is InChI=1S/C12H21N3O2S/c1-5-15(6-2)12-8-7-10(9-11(12)13)18(16,17)14(3)4/h7-9H,5-6,13H2,1-4H3. The molecular weight excluding hydrogens is 250 g/mol. The van der Waals surface area contributed by atoms with E-state index in [1.54, 1.807) is 12.1 Å². The van der Waals surface area contributed by atoms with Gasteiger partial charge >= 0.3 is 0 Å². The lowest BCUT2D eigenvalue weighted by molar-refractivity contribution is 0.521. The topological polar surface area (TPSA) is 66.6 Å². The first-order chi connectivity index (χ1) is 8.34. The highest BCUT2D eigenvalue weighted by Gasteiger charge is 2.18. The van der Waals surface area contributed by atoms with Crippen LogP contribution in [0.1, 0.15) is 13.8 Å². The molecule has 0 atom stereocenters. The average molecular weight is 271 g/mol. The smallest absolute Gasteiger partial charge is 0.242 e. The van der Waals surface area contributed by atoms with Crippen LogP contribution in [0, 0.1) is 0 Å². The van der Waals surface area contributed by atoms with Gasteiger partial charge in [0, 0.05) is 27.2 Å². The molecule has 2 N–H and O–H groups in total. The fourth-order valence-corrected chi connectivity index (χ4v) is 2.69. The molecule has 0 saturated carbocycles. The summed E-state index contributed by atoms with van der Waals surface area (Å²) in [5, 5.41) is 0. The molecule has 18 heavy (non-hydrogen) atoms. The summed E-state index contributed by atoms with van der Waals surface area (Å²) in [6, 6.07) is 4.88. The number of anilines is 2. The Balaban J connectivity index is 3.22. The van der Waals surface area contributed by atoms with Crippen LogP contribution in [0.2, 0.25) is 0 Å². The van der Waals surface area contributed by atoms with Gasteiger partial charge in [0.15, 0.2) is 0 Å². The van der Waals surface area contributed by atoms with E-state index in [2.05, 4.69) is 4.90 Å². The average Bonchev–Trinajstić information content (AvgIpc) is 2.32. The van der Waals surface area contributed by atoms with Crippen LogP contribution in [0.3, 0.4) is 0 Å². The maximum atomic E-state index is 12.0. The molecule has 1 rings (SSSR count). The second kappa shape index (κ2) is 5.58. The van der Waals surface area contributed by atoms with Crippen molar-refractivity contribution < 1.29 is 8.42 Å². The maximum Gasteiger partial charge on any atom is 0.242 e. The molecule has 0 bridgehead atoms. The minimum absolute atomic E-state index is 0.223. The van der Waals surface area contributed by atoms with Gasteiger partial charge in [0.25, 0.3) is 0 Å². The van der Waals surface area contributed by atoms with Crippen molar-refractivity contribution in [1.82, 2.24) is 4.31 Å². The summed E-state index contributed by atoms with van der Waals surface area (Å²) in [6.07, 6.45) is 0. The fraction of sp³-hybridized carbons (Fsp3) is 0.500. The number of benzene rings is 1. The van der Waals surface area contributed by atoms with Crippen LogP contribution in [0.5, 0.6) is 0 Å². The Hall–Kier alpha value is -1.27. The summed E-state index contributed by atoms with van der Waals surface area (Å²) in [7, 11) is -0.413. The van der Waals surface area contributed by atoms with Gasteiger partial charge in [-0.2, -0.15) is 0 Å². The maximum absolute atomic E-state index is 12.0. The lowest BCUT2D eigenvalue weighted by atomic mass is 10.2.